The third-order valence-electron chi connectivity index (χ3n) is 15.2. The number of pyridine rings is 1. The Kier molecular flexibility index (Phi) is 10.8. The van der Waals surface area contributed by atoms with Crippen LogP contribution in [0.1, 0.15) is 76.8 Å². The van der Waals surface area contributed by atoms with Gasteiger partial charge in [0.25, 0.3) is 0 Å². The van der Waals surface area contributed by atoms with Crippen LogP contribution in [-0.2, 0) is 49.5 Å². The number of benzene rings is 2. The second-order valence-corrected chi connectivity index (χ2v) is 19.3. The molecule has 5 aliphatic carbocycles. The van der Waals surface area contributed by atoms with Crippen molar-refractivity contribution in [3.05, 3.63) is 95.9 Å². The Morgan fingerprint density at radius 3 is 2.44 bits per heavy atom. The average molecular weight is 882 g/mol. The Bertz CT molecular complexity index is 2490. The predicted molar refractivity (Wildman–Crippen MR) is 227 cm³/mol. The van der Waals surface area contributed by atoms with Gasteiger partial charge >= 0.3 is 11.9 Å². The Morgan fingerprint density at radius 1 is 0.969 bits per heavy atom. The lowest BCUT2D eigenvalue weighted by molar-refractivity contribution is -0.249. The van der Waals surface area contributed by atoms with E-state index in [4.69, 9.17) is 24.7 Å². The van der Waals surface area contributed by atoms with E-state index in [1.165, 1.54) is 19.1 Å². The number of carbonyl (C=O) groups is 5. The van der Waals surface area contributed by atoms with Gasteiger partial charge in [0.2, 0.25) is 11.7 Å². The van der Waals surface area contributed by atoms with Crippen LogP contribution in [0.5, 0.6) is 0 Å². The van der Waals surface area contributed by atoms with E-state index < -0.39 is 106 Å². The Morgan fingerprint density at radius 2 is 1.70 bits per heavy atom. The number of allylic oxidation sites excluding steroid dienone is 4. The van der Waals surface area contributed by atoms with E-state index in [2.05, 4.69) is 10.3 Å². The van der Waals surface area contributed by atoms with Crippen molar-refractivity contribution in [1.29, 1.82) is 0 Å². The number of aromatic nitrogens is 1. The molecule has 4 N–H and O–H groups in total. The van der Waals surface area contributed by atoms with Crippen LogP contribution in [0.25, 0.3) is 10.8 Å². The van der Waals surface area contributed by atoms with Gasteiger partial charge in [-0.3, -0.25) is 29.0 Å². The molecule has 64 heavy (non-hydrogen) atoms. The molecule has 1 saturated heterocycles. The zero-order chi connectivity index (χ0) is 45.6. The van der Waals surface area contributed by atoms with E-state index in [1.54, 1.807) is 57.4 Å². The van der Waals surface area contributed by atoms with Gasteiger partial charge in [0.1, 0.15) is 12.8 Å². The quantitative estimate of drug-likeness (QED) is 0.182. The number of nitrogens with one attached hydrogen (secondary N) is 1. The maximum atomic E-state index is 17.8. The van der Waals surface area contributed by atoms with Crippen molar-refractivity contribution in [3.63, 3.8) is 0 Å². The van der Waals surface area contributed by atoms with Crippen molar-refractivity contribution in [1.82, 2.24) is 4.98 Å². The maximum absolute atomic E-state index is 17.8. The number of Topliss-reactive ketones (excluding diaryl/α,β-unsaturated/α-hetero) is 1. The van der Waals surface area contributed by atoms with Crippen LogP contribution < -0.4 is 11.1 Å². The number of hydrogen-bond donors (Lipinski definition) is 3. The summed E-state index contributed by atoms with van der Waals surface area (Å²) in [6, 6.07) is 14.6. The number of fused-ring (bicyclic) bond motifs is 8. The molecule has 338 valence electrons. The first-order valence-electron chi connectivity index (χ1n) is 22.0. The molecule has 1 amide bonds. The molecule has 2 heterocycles. The molecule has 6 aliphatic rings. The van der Waals surface area contributed by atoms with Crippen molar-refractivity contribution in [2.75, 3.05) is 18.5 Å². The van der Waals surface area contributed by atoms with Crippen molar-refractivity contribution < 1.29 is 56.8 Å². The van der Waals surface area contributed by atoms with Crippen molar-refractivity contribution in [2.45, 2.75) is 108 Å². The Balaban J connectivity index is 0.816. The highest BCUT2D eigenvalue weighted by Crippen LogP contribution is 2.72. The van der Waals surface area contributed by atoms with E-state index in [1.807, 2.05) is 24.3 Å². The second-order valence-electron chi connectivity index (χ2n) is 19.3. The number of ether oxygens (including phenoxy) is 4. The molecule has 3 unspecified atom stereocenters. The van der Waals surface area contributed by atoms with Gasteiger partial charge in [-0.25, -0.2) is 8.78 Å². The smallest absolute Gasteiger partial charge is 0.310 e. The molecule has 13 nitrogen and oxygen atoms in total. The summed E-state index contributed by atoms with van der Waals surface area (Å²) >= 11 is 0. The predicted octanol–water partition coefficient (Wildman–Crippen LogP) is 5.92. The first-order valence-corrected chi connectivity index (χ1v) is 22.0. The van der Waals surface area contributed by atoms with Crippen LogP contribution in [0.15, 0.2) is 84.7 Å². The fraction of sp³-hybridized carbons (Fsp3) is 0.510. The molecule has 4 saturated carbocycles. The molecule has 15 heteroatoms. The van der Waals surface area contributed by atoms with Gasteiger partial charge in [-0.1, -0.05) is 43.3 Å². The molecular weight excluding hydrogens is 829 g/mol. The summed E-state index contributed by atoms with van der Waals surface area (Å²) in [5, 5.41) is 16.7. The SMILES string of the molecule is CC1(C)O[C@@H]2C[C@H]3[C@@H]4C[C@H](F)C5=CC(=O)C=C[C@]5(C)[C@@]4(F)[C@@H](O)C[C@]3(C)[C@]2(C(=O)COC(=O)C2CC2C(=O)OCc2ccc(C(CCN)C(=O)Nc3ccc4cnccc4c3)cc2)O1. The first-order chi connectivity index (χ1) is 30.3. The molecule has 1 aliphatic heterocycles. The lowest BCUT2D eigenvalue weighted by atomic mass is 9.44. The average Bonchev–Trinajstić information content (AvgIpc) is 3.97. The van der Waals surface area contributed by atoms with Gasteiger partial charge in [-0.2, -0.15) is 0 Å². The van der Waals surface area contributed by atoms with Crippen LogP contribution in [0.2, 0.25) is 0 Å². The summed E-state index contributed by atoms with van der Waals surface area (Å²) in [7, 11) is 0. The zero-order valence-corrected chi connectivity index (χ0v) is 36.2. The summed E-state index contributed by atoms with van der Waals surface area (Å²) < 4.78 is 57.7. The van der Waals surface area contributed by atoms with Crippen LogP contribution in [0, 0.1) is 34.5 Å². The van der Waals surface area contributed by atoms with Crippen molar-refractivity contribution in [2.24, 2.45) is 40.2 Å². The summed E-state index contributed by atoms with van der Waals surface area (Å²) in [6.45, 7) is 6.00. The summed E-state index contributed by atoms with van der Waals surface area (Å²) in [4.78, 5) is 70.7. The van der Waals surface area contributed by atoms with Crippen molar-refractivity contribution in [3.8, 4) is 0 Å². The number of hydrogen-bond acceptors (Lipinski definition) is 12. The number of aliphatic hydroxyl groups is 1. The van der Waals surface area contributed by atoms with E-state index >= 15 is 8.78 Å². The molecule has 12 atom stereocenters. The molecule has 9 rings (SSSR count). The number of carbonyl (C=O) groups excluding carboxylic acids is 5. The number of halogens is 2. The topological polar surface area (TPSA) is 193 Å². The highest BCUT2D eigenvalue weighted by atomic mass is 19.1. The molecule has 0 bridgehead atoms. The minimum absolute atomic E-state index is 0.00564. The van der Waals surface area contributed by atoms with Crippen LogP contribution >= 0.6 is 0 Å². The lowest BCUT2D eigenvalue weighted by Crippen LogP contribution is -2.71. The maximum Gasteiger partial charge on any atom is 0.310 e. The van der Waals surface area contributed by atoms with Gasteiger partial charge in [0.05, 0.1) is 30.0 Å². The molecule has 0 spiro atoms. The van der Waals surface area contributed by atoms with E-state index in [0.717, 1.165) is 22.4 Å². The second kappa shape index (κ2) is 15.7. The minimum atomic E-state index is -2.36. The number of nitrogens with zero attached hydrogens (tertiary/aromatic N) is 1. The highest BCUT2D eigenvalue weighted by Gasteiger charge is 2.80. The molecular formula is C49H53F2N3O10. The largest absolute Gasteiger partial charge is 0.461 e. The number of rotatable bonds is 12. The van der Waals surface area contributed by atoms with Gasteiger partial charge < -0.3 is 35.1 Å². The number of esters is 2. The normalized spacial score (nSPS) is 35.8. The van der Waals surface area contributed by atoms with Crippen LogP contribution in [-0.4, -0.2) is 88.1 Å². The van der Waals surface area contributed by atoms with E-state index in [9.17, 15) is 29.1 Å². The number of alkyl halides is 2. The van der Waals surface area contributed by atoms with Crippen molar-refractivity contribution >= 4 is 45.9 Å². The summed E-state index contributed by atoms with van der Waals surface area (Å²) in [6.07, 6.45) is 3.03. The molecule has 5 fully saturated rings. The Labute approximate surface area is 369 Å². The summed E-state index contributed by atoms with van der Waals surface area (Å²) in [5.41, 5.74) is 0.930. The highest BCUT2D eigenvalue weighted by molar-refractivity contribution is 6.01. The van der Waals surface area contributed by atoms with E-state index in [0.29, 0.717) is 17.7 Å². The fourth-order valence-electron chi connectivity index (χ4n) is 12.0. The number of amides is 1. The number of ketones is 2. The first kappa shape index (κ1) is 44.0. The zero-order valence-electron chi connectivity index (χ0n) is 36.2. The number of aliphatic hydroxyl groups excluding tert-OH is 1. The third-order valence-corrected chi connectivity index (χ3v) is 15.2. The minimum Gasteiger partial charge on any atom is -0.461 e. The van der Waals surface area contributed by atoms with E-state index in [-0.39, 0.29) is 50.3 Å². The Hall–Kier alpha value is -5.22. The van der Waals surface area contributed by atoms with Gasteiger partial charge in [0, 0.05) is 40.2 Å². The fourth-order valence-corrected chi connectivity index (χ4v) is 12.0. The van der Waals surface area contributed by atoms with Gasteiger partial charge in [-0.15, -0.1) is 0 Å². The number of nitrogens with two attached hydrogens (primary N) is 1. The monoisotopic (exact) mass is 881 g/mol. The third kappa shape index (κ3) is 6.92. The van der Waals surface area contributed by atoms with Crippen LogP contribution in [0.4, 0.5) is 14.5 Å². The molecule has 2 aromatic carbocycles. The number of anilines is 1. The van der Waals surface area contributed by atoms with Gasteiger partial charge in [0.15, 0.2) is 29.4 Å². The summed E-state index contributed by atoms with van der Waals surface area (Å²) in [5.74, 6) is -7.80. The van der Waals surface area contributed by atoms with Crippen LogP contribution in [0.3, 0.4) is 0 Å². The molecule has 0 radical (unpaired) electrons. The van der Waals surface area contributed by atoms with Gasteiger partial charge in [-0.05, 0) is 118 Å². The standard InChI is InChI=1S/C49H53F2N3O10/c1-45(2)63-41-21-35-36-20-38(50)37-18-31(55)11-14-46(37,3)48(36,51)39(56)22-47(35,4)49(41,64-45)40(57)25-62-44(60)34-19-33(34)43(59)61-24-26-5-7-27(8-6-26)32(12-15-52)42(58)54-30-10-9-29-23-53-16-13-28(29)17-30/h5-11,13-14,16-18,23,32-36,38-39,41,56H,12,15,19-22,24-25,52H2,1-4H3,(H,54,58)/t32?,33?,34?,35-,36-,38-,39-,41+,46-,47-,48-,49+/m0/s1. The molecule has 1 aromatic heterocycles. The lowest BCUT2D eigenvalue weighted by Gasteiger charge is -2.63. The molecule has 3 aromatic rings.